The zero-order valence-electron chi connectivity index (χ0n) is 14.9. The molecule has 1 amide bonds. The Morgan fingerprint density at radius 2 is 1.74 bits per heavy atom. The summed E-state index contributed by atoms with van der Waals surface area (Å²) >= 11 is 5.84. The molecule has 0 unspecified atom stereocenters. The van der Waals surface area contributed by atoms with Gasteiger partial charge in [0.05, 0.1) is 11.8 Å². The molecule has 0 saturated carbocycles. The van der Waals surface area contributed by atoms with E-state index in [0.717, 1.165) is 11.4 Å². The molecule has 0 aliphatic heterocycles. The molecule has 0 radical (unpaired) electrons. The predicted octanol–water partition coefficient (Wildman–Crippen LogP) is 4.91. The number of rotatable bonds is 6. The molecule has 0 aliphatic rings. The van der Waals surface area contributed by atoms with E-state index < -0.39 is 0 Å². The maximum atomic E-state index is 12.3. The summed E-state index contributed by atoms with van der Waals surface area (Å²) in [6.07, 6.45) is 0.0537. The molecule has 0 spiro atoms. The lowest BCUT2D eigenvalue weighted by Crippen LogP contribution is -2.14. The van der Waals surface area contributed by atoms with Crippen LogP contribution in [0.15, 0.2) is 60.7 Å². The molecule has 2 aromatic carbocycles. The van der Waals surface area contributed by atoms with Gasteiger partial charge in [-0.1, -0.05) is 23.7 Å². The second kappa shape index (κ2) is 8.51. The Morgan fingerprint density at radius 3 is 2.41 bits per heavy atom. The van der Waals surface area contributed by atoms with Crippen LogP contribution in [0.1, 0.15) is 24.3 Å². The fourth-order valence-corrected chi connectivity index (χ4v) is 2.44. The summed E-state index contributed by atoms with van der Waals surface area (Å²) in [6.45, 7) is 3.93. The molecule has 138 valence electrons. The SMILES string of the molecule is CC(C)Oc1ccccc1Nc1ccc(C(=O)Nc2ccc(Cl)cc2)nn1. The Bertz CT molecular complexity index is 912. The number of nitrogens with one attached hydrogen (secondary N) is 2. The number of anilines is 3. The summed E-state index contributed by atoms with van der Waals surface area (Å²) in [5.41, 5.74) is 1.62. The van der Waals surface area contributed by atoms with E-state index >= 15 is 0 Å². The van der Waals surface area contributed by atoms with Crippen molar-refractivity contribution in [1.29, 1.82) is 0 Å². The van der Waals surface area contributed by atoms with Gasteiger partial charge >= 0.3 is 0 Å². The zero-order valence-corrected chi connectivity index (χ0v) is 15.7. The fraction of sp³-hybridized carbons (Fsp3) is 0.150. The van der Waals surface area contributed by atoms with E-state index in [0.29, 0.717) is 16.5 Å². The Morgan fingerprint density at radius 1 is 1.00 bits per heavy atom. The van der Waals surface area contributed by atoms with Crippen molar-refractivity contribution in [3.05, 3.63) is 71.4 Å². The summed E-state index contributed by atoms with van der Waals surface area (Å²) in [5, 5.41) is 14.6. The van der Waals surface area contributed by atoms with E-state index in [1.807, 2.05) is 38.1 Å². The largest absolute Gasteiger partial charge is 0.489 e. The molecular weight excluding hydrogens is 364 g/mol. The van der Waals surface area contributed by atoms with Crippen LogP contribution in [0.5, 0.6) is 5.75 Å². The van der Waals surface area contributed by atoms with Crippen LogP contribution in [-0.2, 0) is 0 Å². The van der Waals surface area contributed by atoms with Gasteiger partial charge in [0.2, 0.25) is 0 Å². The minimum Gasteiger partial charge on any atom is -0.489 e. The molecule has 1 aromatic heterocycles. The fourth-order valence-electron chi connectivity index (χ4n) is 2.31. The quantitative estimate of drug-likeness (QED) is 0.633. The first-order valence-corrected chi connectivity index (χ1v) is 8.82. The third-order valence-corrected chi connectivity index (χ3v) is 3.76. The van der Waals surface area contributed by atoms with Gasteiger partial charge in [0.25, 0.3) is 5.91 Å². The number of carbonyl (C=O) groups excluding carboxylic acids is 1. The second-order valence-electron chi connectivity index (χ2n) is 6.05. The minimum atomic E-state index is -0.347. The highest BCUT2D eigenvalue weighted by Gasteiger charge is 2.10. The normalized spacial score (nSPS) is 10.5. The van der Waals surface area contributed by atoms with E-state index in [1.54, 1.807) is 36.4 Å². The summed E-state index contributed by atoms with van der Waals surface area (Å²) in [4.78, 5) is 12.3. The van der Waals surface area contributed by atoms with E-state index in [1.165, 1.54) is 0 Å². The van der Waals surface area contributed by atoms with Gasteiger partial charge in [-0.2, -0.15) is 0 Å². The van der Waals surface area contributed by atoms with E-state index in [9.17, 15) is 4.79 Å². The first kappa shape index (κ1) is 18.7. The molecule has 27 heavy (non-hydrogen) atoms. The molecular formula is C20H19ClN4O2. The van der Waals surface area contributed by atoms with Crippen LogP contribution in [0.3, 0.4) is 0 Å². The van der Waals surface area contributed by atoms with Crippen molar-refractivity contribution in [2.24, 2.45) is 0 Å². The summed E-state index contributed by atoms with van der Waals surface area (Å²) in [5.74, 6) is 0.886. The third kappa shape index (κ3) is 5.18. The number of aromatic nitrogens is 2. The molecule has 1 heterocycles. The number of nitrogens with zero attached hydrogens (tertiary/aromatic N) is 2. The molecule has 3 aromatic rings. The van der Waals surface area contributed by atoms with Crippen LogP contribution >= 0.6 is 11.6 Å². The minimum absolute atomic E-state index is 0.0537. The summed E-state index contributed by atoms with van der Waals surface area (Å²) < 4.78 is 5.77. The van der Waals surface area contributed by atoms with Gasteiger partial charge in [0.15, 0.2) is 11.5 Å². The van der Waals surface area contributed by atoms with Crippen molar-refractivity contribution in [2.75, 3.05) is 10.6 Å². The monoisotopic (exact) mass is 382 g/mol. The molecule has 2 N–H and O–H groups in total. The van der Waals surface area contributed by atoms with Crippen molar-refractivity contribution >= 4 is 34.7 Å². The number of carbonyl (C=O) groups is 1. The average Bonchev–Trinajstić information content (AvgIpc) is 2.65. The Balaban J connectivity index is 1.68. The van der Waals surface area contributed by atoms with Gasteiger partial charge in [0, 0.05) is 10.7 Å². The maximum absolute atomic E-state index is 12.3. The van der Waals surface area contributed by atoms with Gasteiger partial charge in [-0.05, 0) is 62.4 Å². The number of ether oxygens (including phenoxy) is 1. The van der Waals surface area contributed by atoms with Gasteiger partial charge in [-0.25, -0.2) is 0 Å². The smallest absolute Gasteiger partial charge is 0.276 e. The van der Waals surface area contributed by atoms with Crippen molar-refractivity contribution in [1.82, 2.24) is 10.2 Å². The van der Waals surface area contributed by atoms with Crippen molar-refractivity contribution < 1.29 is 9.53 Å². The Hall–Kier alpha value is -3.12. The van der Waals surface area contributed by atoms with Crippen LogP contribution < -0.4 is 15.4 Å². The number of halogens is 1. The van der Waals surface area contributed by atoms with Gasteiger partial charge in [-0.3, -0.25) is 4.79 Å². The zero-order chi connectivity index (χ0) is 19.2. The third-order valence-electron chi connectivity index (χ3n) is 3.51. The van der Waals surface area contributed by atoms with Crippen LogP contribution in [0, 0.1) is 0 Å². The molecule has 6 nitrogen and oxygen atoms in total. The van der Waals surface area contributed by atoms with Crippen molar-refractivity contribution in [2.45, 2.75) is 20.0 Å². The van der Waals surface area contributed by atoms with Gasteiger partial charge in [-0.15, -0.1) is 10.2 Å². The highest BCUT2D eigenvalue weighted by atomic mass is 35.5. The highest BCUT2D eigenvalue weighted by Crippen LogP contribution is 2.27. The van der Waals surface area contributed by atoms with Crippen molar-refractivity contribution in [3.63, 3.8) is 0 Å². The standard InChI is InChI=1S/C20H19ClN4O2/c1-13(2)27-18-6-4-3-5-16(18)23-19-12-11-17(24-25-19)20(26)22-15-9-7-14(21)8-10-15/h3-13H,1-2H3,(H,22,26)(H,23,25). The van der Waals surface area contributed by atoms with Crippen LogP contribution in [0.4, 0.5) is 17.2 Å². The Kier molecular flexibility index (Phi) is 5.88. The lowest BCUT2D eigenvalue weighted by molar-refractivity contribution is 0.102. The van der Waals surface area contributed by atoms with Crippen LogP contribution in [-0.4, -0.2) is 22.2 Å². The Labute approximate surface area is 162 Å². The van der Waals surface area contributed by atoms with E-state index in [-0.39, 0.29) is 17.7 Å². The molecule has 0 aliphatic carbocycles. The molecule has 7 heteroatoms. The van der Waals surface area contributed by atoms with Gasteiger partial charge < -0.3 is 15.4 Å². The first-order chi connectivity index (χ1) is 13.0. The topological polar surface area (TPSA) is 76.1 Å². The summed E-state index contributed by atoms with van der Waals surface area (Å²) in [7, 11) is 0. The number of hydrogen-bond acceptors (Lipinski definition) is 5. The second-order valence-corrected chi connectivity index (χ2v) is 6.49. The maximum Gasteiger partial charge on any atom is 0.276 e. The van der Waals surface area contributed by atoms with E-state index in [4.69, 9.17) is 16.3 Å². The van der Waals surface area contributed by atoms with Crippen molar-refractivity contribution in [3.8, 4) is 5.75 Å². The molecule has 0 fully saturated rings. The molecule has 0 bridgehead atoms. The molecule has 0 atom stereocenters. The number of amides is 1. The van der Waals surface area contributed by atoms with Gasteiger partial charge in [0.1, 0.15) is 5.75 Å². The summed E-state index contributed by atoms with van der Waals surface area (Å²) in [6, 6.07) is 17.7. The molecule has 3 rings (SSSR count). The number of benzene rings is 2. The van der Waals surface area contributed by atoms with E-state index in [2.05, 4.69) is 20.8 Å². The lowest BCUT2D eigenvalue weighted by Gasteiger charge is -2.14. The number of hydrogen-bond donors (Lipinski definition) is 2. The van der Waals surface area contributed by atoms with Crippen LogP contribution in [0.2, 0.25) is 5.02 Å². The first-order valence-electron chi connectivity index (χ1n) is 8.44. The number of para-hydroxylation sites is 2. The van der Waals surface area contributed by atoms with Crippen LogP contribution in [0.25, 0.3) is 0 Å². The predicted molar refractivity (Wildman–Crippen MR) is 107 cm³/mol. The average molecular weight is 383 g/mol. The lowest BCUT2D eigenvalue weighted by atomic mass is 10.2. The molecule has 0 saturated heterocycles. The highest BCUT2D eigenvalue weighted by molar-refractivity contribution is 6.30.